The first-order valence-corrected chi connectivity index (χ1v) is 5.62. The Labute approximate surface area is 96.1 Å². The molecule has 90 valence electrons. The normalized spacial score (nSPS) is 24.9. The average molecular weight is 225 g/mol. The van der Waals surface area contributed by atoms with Gasteiger partial charge in [0.1, 0.15) is 0 Å². The van der Waals surface area contributed by atoms with Crippen LogP contribution in [0.5, 0.6) is 0 Å². The Balaban J connectivity index is 2.87. The van der Waals surface area contributed by atoms with Gasteiger partial charge >= 0.3 is 5.97 Å². The smallest absolute Gasteiger partial charge is 0.340 e. The molecule has 0 saturated heterocycles. The first kappa shape index (κ1) is 12.9. The Kier molecular flexibility index (Phi) is 3.51. The summed E-state index contributed by atoms with van der Waals surface area (Å²) >= 11 is 0. The molecule has 4 heteroatoms. The third-order valence-electron chi connectivity index (χ3n) is 2.89. The summed E-state index contributed by atoms with van der Waals surface area (Å²) in [5, 5.41) is 0. The summed E-state index contributed by atoms with van der Waals surface area (Å²) < 4.78 is 4.96. The molecular formula is C12H19NO3. The van der Waals surface area contributed by atoms with Gasteiger partial charge in [-0.3, -0.25) is 4.79 Å². The summed E-state index contributed by atoms with van der Waals surface area (Å²) in [7, 11) is 0. The van der Waals surface area contributed by atoms with Crippen molar-refractivity contribution in [3.63, 3.8) is 0 Å². The molecule has 4 nitrogen and oxygen atoms in total. The summed E-state index contributed by atoms with van der Waals surface area (Å²) in [6.45, 7) is 9.37. The van der Waals surface area contributed by atoms with Crippen molar-refractivity contribution in [1.29, 1.82) is 0 Å². The van der Waals surface area contributed by atoms with Crippen molar-refractivity contribution in [3.8, 4) is 0 Å². The van der Waals surface area contributed by atoms with Gasteiger partial charge in [0.15, 0.2) is 5.54 Å². The number of rotatable bonds is 4. The van der Waals surface area contributed by atoms with E-state index in [1.165, 1.54) is 0 Å². The zero-order valence-electron chi connectivity index (χ0n) is 10.5. The van der Waals surface area contributed by atoms with E-state index < -0.39 is 11.5 Å². The summed E-state index contributed by atoms with van der Waals surface area (Å²) in [4.78, 5) is 27.5. The van der Waals surface area contributed by atoms with Crippen molar-refractivity contribution in [3.05, 3.63) is 0 Å². The maximum Gasteiger partial charge on any atom is 0.340 e. The van der Waals surface area contributed by atoms with Crippen molar-refractivity contribution in [2.75, 3.05) is 0 Å². The lowest BCUT2D eigenvalue weighted by Gasteiger charge is -2.19. The highest BCUT2D eigenvalue weighted by Crippen LogP contribution is 2.28. The minimum absolute atomic E-state index is 0.0179. The maximum atomic E-state index is 11.7. The molecule has 0 fully saturated rings. The van der Waals surface area contributed by atoms with E-state index in [2.05, 4.69) is 4.99 Å². The average Bonchev–Trinajstić information content (AvgIpc) is 2.43. The van der Waals surface area contributed by atoms with E-state index in [-0.39, 0.29) is 23.5 Å². The minimum Gasteiger partial charge on any atom is -0.402 e. The van der Waals surface area contributed by atoms with Gasteiger partial charge in [-0.25, -0.2) is 9.79 Å². The first-order valence-electron chi connectivity index (χ1n) is 5.62. The number of cyclic esters (lactones) is 1. The molecule has 16 heavy (non-hydrogen) atoms. The summed E-state index contributed by atoms with van der Waals surface area (Å²) in [6.07, 6.45) is 0.361. The molecule has 0 aromatic rings. The molecular weight excluding hydrogens is 206 g/mol. The molecule has 0 amide bonds. The highest BCUT2D eigenvalue weighted by molar-refractivity contribution is 6.39. The fraction of sp³-hybridized carbons (Fsp3) is 0.750. The second-order valence-electron chi connectivity index (χ2n) is 5.13. The van der Waals surface area contributed by atoms with Gasteiger partial charge in [0.2, 0.25) is 5.78 Å². The van der Waals surface area contributed by atoms with E-state index in [9.17, 15) is 9.59 Å². The largest absolute Gasteiger partial charge is 0.402 e. The Morgan fingerprint density at radius 2 is 1.94 bits per heavy atom. The van der Waals surface area contributed by atoms with E-state index in [1.54, 1.807) is 6.92 Å². The van der Waals surface area contributed by atoms with E-state index >= 15 is 0 Å². The third-order valence-corrected chi connectivity index (χ3v) is 2.89. The van der Waals surface area contributed by atoms with Crippen molar-refractivity contribution in [2.45, 2.75) is 46.6 Å². The second kappa shape index (κ2) is 4.36. The van der Waals surface area contributed by atoms with E-state index in [4.69, 9.17) is 4.74 Å². The van der Waals surface area contributed by atoms with E-state index in [1.807, 2.05) is 27.7 Å². The monoisotopic (exact) mass is 225 g/mol. The molecule has 1 rings (SSSR count). The van der Waals surface area contributed by atoms with Crippen LogP contribution in [0.15, 0.2) is 4.99 Å². The number of carbonyl (C=O) groups excluding carboxylic acids is 2. The van der Waals surface area contributed by atoms with Crippen molar-refractivity contribution < 1.29 is 14.3 Å². The van der Waals surface area contributed by atoms with Crippen LogP contribution < -0.4 is 0 Å². The van der Waals surface area contributed by atoms with E-state index in [0.717, 1.165) is 0 Å². The Morgan fingerprint density at radius 1 is 1.38 bits per heavy atom. The van der Waals surface area contributed by atoms with Crippen LogP contribution in [0.3, 0.4) is 0 Å². The Hall–Kier alpha value is -1.19. The highest BCUT2D eigenvalue weighted by atomic mass is 16.6. The van der Waals surface area contributed by atoms with Crippen LogP contribution in [-0.4, -0.2) is 23.2 Å². The van der Waals surface area contributed by atoms with Gasteiger partial charge in [0, 0.05) is 6.42 Å². The molecule has 0 aromatic carbocycles. The van der Waals surface area contributed by atoms with Crippen LogP contribution in [0.25, 0.3) is 0 Å². The van der Waals surface area contributed by atoms with Gasteiger partial charge in [-0.1, -0.05) is 27.7 Å². The summed E-state index contributed by atoms with van der Waals surface area (Å²) in [6, 6.07) is 0. The molecule has 0 spiro atoms. The lowest BCUT2D eigenvalue weighted by Crippen LogP contribution is -2.35. The third kappa shape index (κ3) is 2.31. The van der Waals surface area contributed by atoms with Crippen LogP contribution in [-0.2, 0) is 14.3 Å². The number of aliphatic imine (C=N–C) groups is 1. The molecule has 1 atom stereocenters. The van der Waals surface area contributed by atoms with Crippen LogP contribution in [0.1, 0.15) is 41.0 Å². The van der Waals surface area contributed by atoms with Gasteiger partial charge < -0.3 is 4.74 Å². The zero-order chi connectivity index (χ0) is 12.5. The number of ether oxygens (including phenoxy) is 1. The molecule has 0 bridgehead atoms. The van der Waals surface area contributed by atoms with Gasteiger partial charge in [0.05, 0.1) is 0 Å². The second-order valence-corrected chi connectivity index (χ2v) is 5.13. The van der Waals surface area contributed by atoms with Gasteiger partial charge in [-0.2, -0.15) is 0 Å². The minimum atomic E-state index is -0.901. The number of esters is 1. The molecule has 1 heterocycles. The molecule has 0 radical (unpaired) electrons. The lowest BCUT2D eigenvalue weighted by atomic mass is 9.90. The fourth-order valence-corrected chi connectivity index (χ4v) is 1.41. The van der Waals surface area contributed by atoms with Gasteiger partial charge in [-0.05, 0) is 18.8 Å². The standard InChI is InChI=1S/C12H19NO3/c1-7(2)6-9(14)10-13-12(5,8(3)4)11(15)16-10/h7-8H,6H2,1-5H3/t12-/m0/s1. The van der Waals surface area contributed by atoms with Gasteiger partial charge in [0.25, 0.3) is 5.90 Å². The van der Waals surface area contributed by atoms with Crippen LogP contribution in [0.4, 0.5) is 0 Å². The maximum absolute atomic E-state index is 11.7. The molecule has 0 N–H and O–H groups in total. The predicted molar refractivity (Wildman–Crippen MR) is 61.2 cm³/mol. The molecule has 1 aliphatic heterocycles. The number of nitrogens with zero attached hydrogens (tertiary/aromatic N) is 1. The molecule has 0 saturated carbocycles. The zero-order valence-corrected chi connectivity index (χ0v) is 10.5. The summed E-state index contributed by atoms with van der Waals surface area (Å²) in [5.41, 5.74) is -0.901. The number of hydrogen-bond donors (Lipinski definition) is 0. The van der Waals surface area contributed by atoms with Crippen molar-refractivity contribution in [1.82, 2.24) is 0 Å². The summed E-state index contributed by atoms with van der Waals surface area (Å²) in [5.74, 6) is -0.374. The SMILES string of the molecule is CC(C)CC(=O)C1=N[C@@](C)(C(C)C)C(=O)O1. The van der Waals surface area contributed by atoms with Crippen molar-refractivity contribution in [2.24, 2.45) is 16.8 Å². The molecule has 0 unspecified atom stereocenters. The first-order chi connectivity index (χ1) is 7.27. The number of hydrogen-bond acceptors (Lipinski definition) is 4. The predicted octanol–water partition coefficient (Wildman–Crippen LogP) is 1.97. The lowest BCUT2D eigenvalue weighted by molar-refractivity contribution is -0.140. The van der Waals surface area contributed by atoms with Gasteiger partial charge in [-0.15, -0.1) is 0 Å². The number of carbonyl (C=O) groups is 2. The Morgan fingerprint density at radius 3 is 2.31 bits per heavy atom. The quantitative estimate of drug-likeness (QED) is 0.687. The van der Waals surface area contributed by atoms with Crippen LogP contribution in [0, 0.1) is 11.8 Å². The van der Waals surface area contributed by atoms with Crippen molar-refractivity contribution >= 4 is 17.7 Å². The number of Topliss-reactive ketones (excluding diaryl/α,β-unsaturated/α-hetero) is 1. The molecule has 0 aromatic heterocycles. The molecule has 1 aliphatic rings. The molecule has 0 aliphatic carbocycles. The van der Waals surface area contributed by atoms with Crippen LogP contribution >= 0.6 is 0 Å². The topological polar surface area (TPSA) is 55.7 Å². The van der Waals surface area contributed by atoms with E-state index in [0.29, 0.717) is 6.42 Å². The van der Waals surface area contributed by atoms with Crippen LogP contribution in [0.2, 0.25) is 0 Å². The number of ketones is 1. The fourth-order valence-electron chi connectivity index (χ4n) is 1.41. The Bertz CT molecular complexity index is 344. The highest BCUT2D eigenvalue weighted by Gasteiger charge is 2.45.